The van der Waals surface area contributed by atoms with E-state index in [0.717, 1.165) is 5.92 Å². The second-order valence-corrected chi connectivity index (χ2v) is 2.84. The zero-order valence-corrected chi connectivity index (χ0v) is 6.19. The average molecular weight is 126 g/mol. The van der Waals surface area contributed by atoms with Gasteiger partial charge in [-0.15, -0.1) is 0 Å². The molecule has 0 spiro atoms. The third kappa shape index (κ3) is 2.35. The highest BCUT2D eigenvalue weighted by Crippen LogP contribution is 2.18. The summed E-state index contributed by atoms with van der Waals surface area (Å²) in [7, 11) is 0. The molecule has 1 heterocycles. The summed E-state index contributed by atoms with van der Waals surface area (Å²) in [6, 6.07) is 0. The summed E-state index contributed by atoms with van der Waals surface area (Å²) in [4.78, 5) is 0. The molecule has 1 aliphatic heterocycles. The summed E-state index contributed by atoms with van der Waals surface area (Å²) in [5.74, 6) is 0.983. The number of hydrogen-bond acceptors (Lipinski definition) is 1. The van der Waals surface area contributed by atoms with E-state index in [9.17, 15) is 0 Å². The molecule has 0 aromatic carbocycles. The van der Waals surface area contributed by atoms with Gasteiger partial charge in [-0.05, 0) is 25.3 Å². The van der Waals surface area contributed by atoms with Crippen molar-refractivity contribution in [3.05, 3.63) is 6.54 Å². The first-order valence-corrected chi connectivity index (χ1v) is 3.98. The molecule has 0 bridgehead atoms. The summed E-state index contributed by atoms with van der Waals surface area (Å²) in [5.41, 5.74) is 0. The van der Waals surface area contributed by atoms with Crippen molar-refractivity contribution < 1.29 is 0 Å². The normalized spacial score (nSPS) is 22.3. The highest BCUT2D eigenvalue weighted by Gasteiger charge is 2.10. The van der Waals surface area contributed by atoms with Crippen molar-refractivity contribution in [3.63, 3.8) is 0 Å². The van der Waals surface area contributed by atoms with Crippen LogP contribution in [0.4, 0.5) is 0 Å². The maximum absolute atomic E-state index is 3.25. The minimum atomic E-state index is 0.983. The fraction of sp³-hybridized carbons (Fsp3) is 0.875. The van der Waals surface area contributed by atoms with Crippen LogP contribution in [0.5, 0.6) is 0 Å². The summed E-state index contributed by atoms with van der Waals surface area (Å²) in [6.45, 7) is 5.68. The van der Waals surface area contributed by atoms with Crippen molar-refractivity contribution in [2.45, 2.75) is 32.6 Å². The van der Waals surface area contributed by atoms with Gasteiger partial charge in [-0.3, -0.25) is 0 Å². The molecule has 1 saturated heterocycles. The molecule has 1 heteroatoms. The summed E-state index contributed by atoms with van der Waals surface area (Å²) in [6.07, 6.45) is 5.43. The highest BCUT2D eigenvalue weighted by atomic mass is 14.9. The van der Waals surface area contributed by atoms with E-state index in [2.05, 4.69) is 18.8 Å². The fourth-order valence-electron chi connectivity index (χ4n) is 1.43. The zero-order chi connectivity index (χ0) is 6.53. The van der Waals surface area contributed by atoms with Crippen molar-refractivity contribution in [3.8, 4) is 0 Å². The molecule has 1 aliphatic rings. The minimum absolute atomic E-state index is 0.983. The molecule has 1 rings (SSSR count). The van der Waals surface area contributed by atoms with Gasteiger partial charge in [0.1, 0.15) is 0 Å². The molecule has 1 atom stereocenters. The van der Waals surface area contributed by atoms with E-state index in [0.29, 0.717) is 0 Å². The van der Waals surface area contributed by atoms with Gasteiger partial charge in [0.2, 0.25) is 0 Å². The lowest BCUT2D eigenvalue weighted by molar-refractivity contribution is 0.384. The van der Waals surface area contributed by atoms with Gasteiger partial charge in [0, 0.05) is 6.54 Å². The van der Waals surface area contributed by atoms with Crippen LogP contribution in [0.1, 0.15) is 32.6 Å². The Morgan fingerprint density at radius 2 is 2.56 bits per heavy atom. The van der Waals surface area contributed by atoms with E-state index in [1.54, 1.807) is 0 Å². The van der Waals surface area contributed by atoms with Crippen molar-refractivity contribution in [2.24, 2.45) is 5.92 Å². The number of hydrogen-bond donors (Lipinski definition) is 1. The van der Waals surface area contributed by atoms with Crippen LogP contribution in [-0.4, -0.2) is 6.54 Å². The van der Waals surface area contributed by atoms with E-state index in [1.165, 1.54) is 32.2 Å². The van der Waals surface area contributed by atoms with E-state index in [4.69, 9.17) is 0 Å². The first-order valence-electron chi connectivity index (χ1n) is 3.98. The van der Waals surface area contributed by atoms with Gasteiger partial charge in [-0.2, -0.15) is 0 Å². The van der Waals surface area contributed by atoms with Crippen molar-refractivity contribution >= 4 is 0 Å². The van der Waals surface area contributed by atoms with Crippen molar-refractivity contribution in [2.75, 3.05) is 6.54 Å². The molecule has 0 amide bonds. The fourth-order valence-corrected chi connectivity index (χ4v) is 1.43. The van der Waals surface area contributed by atoms with E-state index in [-0.39, 0.29) is 0 Å². The van der Waals surface area contributed by atoms with E-state index < -0.39 is 0 Å². The topological polar surface area (TPSA) is 12.0 Å². The predicted octanol–water partition coefficient (Wildman–Crippen LogP) is 1.95. The molecule has 0 aromatic heterocycles. The molecular weight excluding hydrogens is 110 g/mol. The van der Waals surface area contributed by atoms with Crippen LogP contribution < -0.4 is 5.32 Å². The first-order chi connectivity index (χ1) is 4.43. The highest BCUT2D eigenvalue weighted by molar-refractivity contribution is 4.75. The Kier molecular flexibility index (Phi) is 3.05. The Balaban J connectivity index is 2.08. The second kappa shape index (κ2) is 3.89. The van der Waals surface area contributed by atoms with Gasteiger partial charge < -0.3 is 5.32 Å². The van der Waals surface area contributed by atoms with Gasteiger partial charge in [0.15, 0.2) is 0 Å². The quantitative estimate of drug-likeness (QED) is 0.596. The van der Waals surface area contributed by atoms with Crippen LogP contribution >= 0.6 is 0 Å². The SMILES string of the molecule is CCCC1C[CH]NCC1. The third-order valence-corrected chi connectivity index (χ3v) is 1.99. The number of piperidine rings is 1. The van der Waals surface area contributed by atoms with Gasteiger partial charge in [-0.25, -0.2) is 0 Å². The average Bonchev–Trinajstić information content (AvgIpc) is 1.91. The Labute approximate surface area is 57.8 Å². The predicted molar refractivity (Wildman–Crippen MR) is 39.9 cm³/mol. The molecule has 1 fully saturated rings. The van der Waals surface area contributed by atoms with Crippen molar-refractivity contribution in [1.29, 1.82) is 0 Å². The molecule has 9 heavy (non-hydrogen) atoms. The molecule has 0 aromatic rings. The Bertz CT molecular complexity index is 62.2. The van der Waals surface area contributed by atoms with Crippen LogP contribution in [0.3, 0.4) is 0 Å². The monoisotopic (exact) mass is 126 g/mol. The maximum Gasteiger partial charge on any atom is 0.0223 e. The van der Waals surface area contributed by atoms with Crippen molar-refractivity contribution in [1.82, 2.24) is 5.32 Å². The number of nitrogens with one attached hydrogen (secondary N) is 1. The second-order valence-electron chi connectivity index (χ2n) is 2.84. The maximum atomic E-state index is 3.25. The Morgan fingerprint density at radius 1 is 1.67 bits per heavy atom. The lowest BCUT2D eigenvalue weighted by Crippen LogP contribution is -2.23. The van der Waals surface area contributed by atoms with Crippen LogP contribution in [0.25, 0.3) is 0 Å². The molecular formula is C8H16N. The molecule has 1 radical (unpaired) electrons. The van der Waals surface area contributed by atoms with E-state index >= 15 is 0 Å². The largest absolute Gasteiger partial charge is 0.312 e. The summed E-state index contributed by atoms with van der Waals surface area (Å²) >= 11 is 0. The molecule has 1 nitrogen and oxygen atoms in total. The smallest absolute Gasteiger partial charge is 0.0223 e. The zero-order valence-electron chi connectivity index (χ0n) is 6.19. The van der Waals surface area contributed by atoms with Crippen LogP contribution in [0.2, 0.25) is 0 Å². The van der Waals surface area contributed by atoms with Crippen LogP contribution in [-0.2, 0) is 0 Å². The van der Waals surface area contributed by atoms with Gasteiger partial charge >= 0.3 is 0 Å². The van der Waals surface area contributed by atoms with Crippen LogP contribution in [0, 0.1) is 12.5 Å². The first kappa shape index (κ1) is 7.07. The summed E-state index contributed by atoms with van der Waals surface area (Å²) < 4.78 is 0. The minimum Gasteiger partial charge on any atom is -0.312 e. The molecule has 0 aliphatic carbocycles. The standard InChI is InChI=1S/C8H16N/c1-2-3-8-4-6-9-7-5-8/h6,8-9H,2-5,7H2,1H3. The van der Waals surface area contributed by atoms with Gasteiger partial charge in [-0.1, -0.05) is 19.8 Å². The Hall–Kier alpha value is -0.0400. The molecule has 0 saturated carbocycles. The molecule has 1 unspecified atom stereocenters. The Morgan fingerprint density at radius 3 is 3.11 bits per heavy atom. The van der Waals surface area contributed by atoms with Crippen LogP contribution in [0.15, 0.2) is 0 Å². The van der Waals surface area contributed by atoms with Gasteiger partial charge in [0.05, 0.1) is 0 Å². The van der Waals surface area contributed by atoms with Gasteiger partial charge in [0.25, 0.3) is 0 Å². The lowest BCUT2D eigenvalue weighted by atomic mass is 9.94. The van der Waals surface area contributed by atoms with E-state index in [1.807, 2.05) is 0 Å². The molecule has 53 valence electrons. The molecule has 1 N–H and O–H groups in total. The summed E-state index contributed by atoms with van der Waals surface area (Å²) in [5, 5.41) is 3.25. The lowest BCUT2D eigenvalue weighted by Gasteiger charge is -2.21. The number of rotatable bonds is 2. The third-order valence-electron chi connectivity index (χ3n) is 1.99.